The van der Waals surface area contributed by atoms with Crippen molar-refractivity contribution in [1.29, 1.82) is 0 Å². The van der Waals surface area contributed by atoms with E-state index in [0.717, 1.165) is 22.0 Å². The highest BCUT2D eigenvalue weighted by Crippen LogP contribution is 2.31. The highest BCUT2D eigenvalue weighted by molar-refractivity contribution is 9.10. The van der Waals surface area contributed by atoms with Crippen LogP contribution in [-0.4, -0.2) is 35.9 Å². The smallest absolute Gasteiger partial charge is 0.261 e. The van der Waals surface area contributed by atoms with Gasteiger partial charge in [-0.05, 0) is 70.1 Å². The van der Waals surface area contributed by atoms with Gasteiger partial charge in [-0.3, -0.25) is 9.59 Å². The van der Waals surface area contributed by atoms with Gasteiger partial charge in [-0.15, -0.1) is 0 Å². The summed E-state index contributed by atoms with van der Waals surface area (Å²) in [6.07, 6.45) is 0.825. The molecule has 32 heavy (non-hydrogen) atoms. The molecule has 0 fully saturated rings. The van der Waals surface area contributed by atoms with Crippen LogP contribution in [0.25, 0.3) is 0 Å². The first-order chi connectivity index (χ1) is 15.0. The molecule has 1 N–H and O–H groups in total. The lowest BCUT2D eigenvalue weighted by Gasteiger charge is -2.29. The van der Waals surface area contributed by atoms with E-state index < -0.39 is 6.04 Å². The monoisotopic (exact) mass is 522 g/mol. The van der Waals surface area contributed by atoms with E-state index in [4.69, 9.17) is 16.3 Å². The fraction of sp³-hybridized carbons (Fsp3) is 0.440. The Morgan fingerprint density at radius 3 is 2.38 bits per heavy atom. The number of carbonyl (C=O) groups is 2. The summed E-state index contributed by atoms with van der Waals surface area (Å²) in [5.74, 6) is 0.122. The molecule has 0 saturated heterocycles. The van der Waals surface area contributed by atoms with Crippen LogP contribution in [0, 0.1) is 0 Å². The second-order valence-electron chi connectivity index (χ2n) is 8.80. The Bertz CT molecular complexity index is 926. The molecule has 0 radical (unpaired) electrons. The summed E-state index contributed by atoms with van der Waals surface area (Å²) < 4.78 is 6.61. The maximum atomic E-state index is 13.1. The molecular formula is C25H32BrClN2O3. The van der Waals surface area contributed by atoms with Crippen LogP contribution in [0.1, 0.15) is 52.2 Å². The summed E-state index contributed by atoms with van der Waals surface area (Å²) in [6, 6.07) is 12.5. The number of amides is 2. The van der Waals surface area contributed by atoms with Gasteiger partial charge in [0, 0.05) is 18.1 Å². The van der Waals surface area contributed by atoms with Crippen molar-refractivity contribution in [3.63, 3.8) is 0 Å². The van der Waals surface area contributed by atoms with Crippen molar-refractivity contribution in [3.8, 4) is 5.75 Å². The van der Waals surface area contributed by atoms with Crippen molar-refractivity contribution in [2.45, 2.75) is 59.0 Å². The summed E-state index contributed by atoms with van der Waals surface area (Å²) in [4.78, 5) is 27.2. The van der Waals surface area contributed by atoms with E-state index in [0.29, 0.717) is 17.3 Å². The Kier molecular flexibility index (Phi) is 9.59. The van der Waals surface area contributed by atoms with Gasteiger partial charge in [0.25, 0.3) is 5.91 Å². The van der Waals surface area contributed by atoms with Crippen LogP contribution < -0.4 is 10.1 Å². The lowest BCUT2D eigenvalue weighted by molar-refractivity contribution is -0.142. The molecule has 0 heterocycles. The first-order valence-corrected chi connectivity index (χ1v) is 11.9. The average Bonchev–Trinajstić information content (AvgIpc) is 2.74. The number of halogens is 2. The average molecular weight is 524 g/mol. The van der Waals surface area contributed by atoms with Gasteiger partial charge in [-0.2, -0.15) is 0 Å². The van der Waals surface area contributed by atoms with Crippen molar-refractivity contribution in [3.05, 3.63) is 63.1 Å². The molecule has 5 nitrogen and oxygen atoms in total. The minimum Gasteiger partial charge on any atom is -0.483 e. The van der Waals surface area contributed by atoms with E-state index >= 15 is 0 Å². The van der Waals surface area contributed by atoms with Crippen molar-refractivity contribution >= 4 is 39.3 Å². The first kappa shape index (κ1) is 26.2. The molecule has 0 aromatic heterocycles. The SMILES string of the molecule is CCCNC(=O)C(C)N(Cc1ccc(Cl)cc1)C(=O)COc1ccc(C(C)(C)C)cc1Br. The fourth-order valence-electron chi connectivity index (χ4n) is 3.07. The fourth-order valence-corrected chi connectivity index (χ4v) is 3.69. The zero-order valence-electron chi connectivity index (χ0n) is 19.4. The number of benzene rings is 2. The zero-order chi connectivity index (χ0) is 23.9. The van der Waals surface area contributed by atoms with Gasteiger partial charge < -0.3 is 15.0 Å². The van der Waals surface area contributed by atoms with E-state index in [1.807, 2.05) is 37.3 Å². The topological polar surface area (TPSA) is 58.6 Å². The lowest BCUT2D eigenvalue weighted by atomic mass is 9.87. The van der Waals surface area contributed by atoms with Gasteiger partial charge in [-0.25, -0.2) is 0 Å². The van der Waals surface area contributed by atoms with Crippen LogP contribution in [0.15, 0.2) is 46.9 Å². The molecule has 1 unspecified atom stereocenters. The summed E-state index contributed by atoms with van der Waals surface area (Å²) in [7, 11) is 0. The Balaban J connectivity index is 2.16. The van der Waals surface area contributed by atoms with Crippen molar-refractivity contribution in [1.82, 2.24) is 10.2 Å². The Morgan fingerprint density at radius 1 is 1.16 bits per heavy atom. The van der Waals surface area contributed by atoms with Crippen molar-refractivity contribution in [2.75, 3.05) is 13.2 Å². The number of hydrogen-bond acceptors (Lipinski definition) is 3. The van der Waals surface area contributed by atoms with Gasteiger partial charge in [0.2, 0.25) is 5.91 Å². The minimum atomic E-state index is -0.639. The molecule has 2 rings (SSSR count). The number of rotatable bonds is 9. The number of ether oxygens (including phenoxy) is 1. The molecule has 0 spiro atoms. The summed E-state index contributed by atoms with van der Waals surface area (Å²) >= 11 is 9.52. The highest BCUT2D eigenvalue weighted by Gasteiger charge is 2.26. The normalized spacial score (nSPS) is 12.2. The second-order valence-corrected chi connectivity index (χ2v) is 10.1. The molecule has 0 aliphatic carbocycles. The molecule has 7 heteroatoms. The molecule has 2 aromatic rings. The molecule has 0 aliphatic rings. The van der Waals surface area contributed by atoms with Gasteiger partial charge in [-0.1, -0.05) is 57.5 Å². The summed E-state index contributed by atoms with van der Waals surface area (Å²) in [6.45, 7) is 10.8. The van der Waals surface area contributed by atoms with Gasteiger partial charge in [0.15, 0.2) is 6.61 Å². The van der Waals surface area contributed by atoms with E-state index in [9.17, 15) is 9.59 Å². The Labute approximate surface area is 204 Å². The molecule has 2 aromatic carbocycles. The minimum absolute atomic E-state index is 0.00747. The summed E-state index contributed by atoms with van der Waals surface area (Å²) in [5, 5.41) is 3.48. The molecule has 0 aliphatic heterocycles. The number of hydrogen-bond donors (Lipinski definition) is 1. The molecule has 2 amide bonds. The van der Waals surface area contributed by atoms with Crippen LogP contribution in [-0.2, 0) is 21.5 Å². The van der Waals surface area contributed by atoms with Crippen LogP contribution in [0.2, 0.25) is 5.02 Å². The molecule has 0 saturated carbocycles. The summed E-state index contributed by atoms with van der Waals surface area (Å²) in [5.41, 5.74) is 2.05. The first-order valence-electron chi connectivity index (χ1n) is 10.8. The standard InChI is InChI=1S/C25H32BrClN2O3/c1-6-13-28-24(31)17(2)29(15-18-7-10-20(27)11-8-18)23(30)16-32-22-12-9-19(14-21(22)26)25(3,4)5/h7-12,14,17H,6,13,15-16H2,1-5H3,(H,28,31). The largest absolute Gasteiger partial charge is 0.483 e. The van der Waals surface area contributed by atoms with E-state index in [2.05, 4.69) is 42.0 Å². The quantitative estimate of drug-likeness (QED) is 0.457. The van der Waals surface area contributed by atoms with E-state index in [1.54, 1.807) is 19.1 Å². The third kappa shape index (κ3) is 7.52. The van der Waals surface area contributed by atoms with Gasteiger partial charge >= 0.3 is 0 Å². The molecule has 1 atom stereocenters. The highest BCUT2D eigenvalue weighted by atomic mass is 79.9. The predicted molar refractivity (Wildman–Crippen MR) is 133 cm³/mol. The van der Waals surface area contributed by atoms with Crippen LogP contribution in [0.5, 0.6) is 5.75 Å². The number of nitrogens with zero attached hydrogens (tertiary/aromatic N) is 1. The van der Waals surface area contributed by atoms with Crippen LogP contribution in [0.4, 0.5) is 0 Å². The Hall–Kier alpha value is -2.05. The maximum Gasteiger partial charge on any atom is 0.261 e. The van der Waals surface area contributed by atoms with Gasteiger partial charge in [0.1, 0.15) is 11.8 Å². The Morgan fingerprint density at radius 2 is 1.81 bits per heavy atom. The number of nitrogens with one attached hydrogen (secondary N) is 1. The number of carbonyl (C=O) groups excluding carboxylic acids is 2. The van der Waals surface area contributed by atoms with Crippen molar-refractivity contribution < 1.29 is 14.3 Å². The van der Waals surface area contributed by atoms with E-state index in [1.165, 1.54) is 4.90 Å². The van der Waals surface area contributed by atoms with Gasteiger partial charge in [0.05, 0.1) is 4.47 Å². The lowest BCUT2D eigenvalue weighted by Crippen LogP contribution is -2.49. The zero-order valence-corrected chi connectivity index (χ0v) is 21.7. The predicted octanol–water partition coefficient (Wildman–Crippen LogP) is 5.72. The molecule has 0 bridgehead atoms. The third-order valence-corrected chi connectivity index (χ3v) is 6.00. The van der Waals surface area contributed by atoms with Crippen LogP contribution in [0.3, 0.4) is 0 Å². The van der Waals surface area contributed by atoms with Crippen molar-refractivity contribution in [2.24, 2.45) is 0 Å². The van der Waals surface area contributed by atoms with Crippen LogP contribution >= 0.6 is 27.5 Å². The third-order valence-electron chi connectivity index (χ3n) is 5.13. The molecular weight excluding hydrogens is 492 g/mol. The maximum absolute atomic E-state index is 13.1. The van der Waals surface area contributed by atoms with E-state index in [-0.39, 0.29) is 30.4 Å². The molecule has 174 valence electrons. The second kappa shape index (κ2) is 11.7.